The first-order valence-corrected chi connectivity index (χ1v) is 4.48. The van der Waals surface area contributed by atoms with E-state index < -0.39 is 0 Å². The van der Waals surface area contributed by atoms with Gasteiger partial charge in [-0.3, -0.25) is 9.79 Å². The van der Waals surface area contributed by atoms with Gasteiger partial charge in [0.2, 0.25) is 0 Å². The van der Waals surface area contributed by atoms with E-state index in [-0.39, 0.29) is 17.9 Å². The Balaban J connectivity index is 2.32. The Morgan fingerprint density at radius 1 is 1.64 bits per heavy atom. The molecule has 0 spiro atoms. The summed E-state index contributed by atoms with van der Waals surface area (Å²) in [5, 5.41) is 3.05. The maximum Gasteiger partial charge on any atom is 0.158 e. The number of hydrogen-bond donors (Lipinski definition) is 1. The van der Waals surface area contributed by atoms with Crippen LogP contribution in [0.4, 0.5) is 0 Å². The Hall–Kier alpha value is -1.58. The monoisotopic (exact) mass is 192 g/mol. The van der Waals surface area contributed by atoms with E-state index in [1.54, 1.807) is 32.5 Å². The van der Waals surface area contributed by atoms with Gasteiger partial charge in [0.15, 0.2) is 5.78 Å². The fourth-order valence-electron chi connectivity index (χ4n) is 1.80. The number of carbonyl (C=O) groups is 1. The number of methoxy groups -OCH3 is 1. The molecular formula is C10H12N2O2. The van der Waals surface area contributed by atoms with Gasteiger partial charge in [-0.25, -0.2) is 0 Å². The second-order valence-corrected chi connectivity index (χ2v) is 3.32. The van der Waals surface area contributed by atoms with Crippen LogP contribution in [-0.2, 0) is 9.53 Å². The molecule has 0 radical (unpaired) electrons. The summed E-state index contributed by atoms with van der Waals surface area (Å²) in [5.41, 5.74) is 0.736. The van der Waals surface area contributed by atoms with E-state index in [0.29, 0.717) is 0 Å². The first-order chi connectivity index (χ1) is 6.74. The number of ether oxygens (including phenoxy) is 1. The van der Waals surface area contributed by atoms with Gasteiger partial charge in [-0.2, -0.15) is 0 Å². The number of carbonyl (C=O) groups excluding carboxylic acids is 1. The molecule has 4 nitrogen and oxygen atoms in total. The van der Waals surface area contributed by atoms with Crippen molar-refractivity contribution < 1.29 is 9.53 Å². The third kappa shape index (κ3) is 1.23. The molecule has 0 saturated carbocycles. The summed E-state index contributed by atoms with van der Waals surface area (Å²) in [4.78, 5) is 15.5. The lowest BCUT2D eigenvalue weighted by molar-refractivity contribution is -0.114. The van der Waals surface area contributed by atoms with E-state index in [4.69, 9.17) is 4.74 Å². The zero-order chi connectivity index (χ0) is 10.1. The molecule has 14 heavy (non-hydrogen) atoms. The van der Waals surface area contributed by atoms with Crippen LogP contribution in [0.25, 0.3) is 0 Å². The van der Waals surface area contributed by atoms with Crippen molar-refractivity contribution in [2.45, 2.75) is 13.1 Å². The molecule has 4 heteroatoms. The topological polar surface area (TPSA) is 50.7 Å². The smallest absolute Gasteiger partial charge is 0.158 e. The molecule has 2 heterocycles. The molecule has 0 aromatic heterocycles. The van der Waals surface area contributed by atoms with Crippen LogP contribution < -0.4 is 5.32 Å². The number of aliphatic imine (C=N–C) groups is 1. The Bertz CT molecular complexity index is 355. The van der Waals surface area contributed by atoms with Gasteiger partial charge in [0.25, 0.3) is 0 Å². The van der Waals surface area contributed by atoms with Gasteiger partial charge in [0.1, 0.15) is 11.9 Å². The molecule has 0 aliphatic carbocycles. The predicted molar refractivity (Wildman–Crippen MR) is 52.8 cm³/mol. The third-order valence-corrected chi connectivity index (χ3v) is 2.49. The molecule has 2 atom stereocenters. The van der Waals surface area contributed by atoms with Crippen LogP contribution in [0.2, 0.25) is 0 Å². The lowest BCUT2D eigenvalue weighted by Crippen LogP contribution is -2.30. The fourth-order valence-corrected chi connectivity index (χ4v) is 1.80. The van der Waals surface area contributed by atoms with Crippen molar-refractivity contribution in [3.8, 4) is 0 Å². The predicted octanol–water partition coefficient (Wildman–Crippen LogP) is 0.619. The Morgan fingerprint density at radius 2 is 2.43 bits per heavy atom. The number of fused-ring (bicyclic) bond motifs is 1. The Kier molecular flexibility index (Phi) is 2.11. The van der Waals surface area contributed by atoms with E-state index in [2.05, 4.69) is 10.3 Å². The molecule has 0 saturated heterocycles. The largest absolute Gasteiger partial charge is 0.500 e. The summed E-state index contributed by atoms with van der Waals surface area (Å²) in [6.45, 7) is 1.56. The standard InChI is InChI=1S/C10H12N2O2/c1-6(13)7-5-12-10-9(7)8(14-2)3-4-11-10/h3-5,9-10,12H,1-2H3. The van der Waals surface area contributed by atoms with E-state index >= 15 is 0 Å². The number of Topliss-reactive ketones (excluding diaryl/α,β-unsaturated/α-hetero) is 1. The number of dihydropyridines is 1. The SMILES string of the molecule is COC1=CC=NC2NC=C(C(C)=O)C12. The minimum Gasteiger partial charge on any atom is -0.500 e. The molecular weight excluding hydrogens is 180 g/mol. The van der Waals surface area contributed by atoms with Gasteiger partial charge < -0.3 is 10.1 Å². The molecule has 0 fully saturated rings. The molecule has 2 rings (SSSR count). The van der Waals surface area contributed by atoms with Crippen molar-refractivity contribution in [3.05, 3.63) is 23.6 Å². The van der Waals surface area contributed by atoms with E-state index in [0.717, 1.165) is 11.3 Å². The minimum atomic E-state index is -0.0751. The second kappa shape index (κ2) is 3.29. The van der Waals surface area contributed by atoms with Gasteiger partial charge in [-0.15, -0.1) is 0 Å². The minimum absolute atomic E-state index is 0.0532. The van der Waals surface area contributed by atoms with Gasteiger partial charge in [-0.05, 0) is 13.0 Å². The molecule has 1 N–H and O–H groups in total. The summed E-state index contributed by atoms with van der Waals surface area (Å²) >= 11 is 0. The van der Waals surface area contributed by atoms with E-state index in [9.17, 15) is 4.79 Å². The highest BCUT2D eigenvalue weighted by Gasteiger charge is 2.36. The van der Waals surface area contributed by atoms with Crippen LogP contribution in [-0.4, -0.2) is 25.3 Å². The summed E-state index contributed by atoms with van der Waals surface area (Å²) in [5.74, 6) is 0.795. The van der Waals surface area contributed by atoms with E-state index in [1.807, 2.05) is 0 Å². The Morgan fingerprint density at radius 3 is 3.07 bits per heavy atom. The van der Waals surface area contributed by atoms with Crippen molar-refractivity contribution in [2.24, 2.45) is 10.9 Å². The zero-order valence-electron chi connectivity index (χ0n) is 8.15. The highest BCUT2D eigenvalue weighted by Crippen LogP contribution is 2.31. The highest BCUT2D eigenvalue weighted by molar-refractivity contribution is 5.95. The number of hydrogen-bond acceptors (Lipinski definition) is 4. The molecule has 0 aromatic carbocycles. The van der Waals surface area contributed by atoms with Gasteiger partial charge in [0, 0.05) is 18.0 Å². The lowest BCUT2D eigenvalue weighted by atomic mass is 9.93. The number of allylic oxidation sites excluding steroid dienone is 1. The first-order valence-electron chi connectivity index (χ1n) is 4.48. The second-order valence-electron chi connectivity index (χ2n) is 3.32. The molecule has 2 aliphatic heterocycles. The van der Waals surface area contributed by atoms with Crippen LogP contribution in [0.1, 0.15) is 6.92 Å². The summed E-state index contributed by atoms with van der Waals surface area (Å²) in [6.07, 6.45) is 5.15. The summed E-state index contributed by atoms with van der Waals surface area (Å²) in [7, 11) is 1.61. The summed E-state index contributed by atoms with van der Waals surface area (Å²) < 4.78 is 5.22. The van der Waals surface area contributed by atoms with E-state index in [1.165, 1.54) is 0 Å². The van der Waals surface area contributed by atoms with Crippen molar-refractivity contribution >= 4 is 12.0 Å². The molecule has 2 aliphatic rings. The van der Waals surface area contributed by atoms with Crippen LogP contribution in [0, 0.1) is 5.92 Å². The molecule has 0 amide bonds. The maximum atomic E-state index is 11.3. The zero-order valence-corrected chi connectivity index (χ0v) is 8.15. The maximum absolute atomic E-state index is 11.3. The number of rotatable bonds is 2. The lowest BCUT2D eigenvalue weighted by Gasteiger charge is -2.22. The fraction of sp³-hybridized carbons (Fsp3) is 0.400. The molecule has 2 unspecified atom stereocenters. The number of ketones is 1. The molecule has 0 bridgehead atoms. The van der Waals surface area contributed by atoms with Crippen molar-refractivity contribution in [2.75, 3.05) is 7.11 Å². The van der Waals surface area contributed by atoms with Crippen LogP contribution in [0.15, 0.2) is 28.6 Å². The van der Waals surface area contributed by atoms with Gasteiger partial charge in [0.05, 0.1) is 13.0 Å². The normalized spacial score (nSPS) is 28.7. The van der Waals surface area contributed by atoms with Crippen molar-refractivity contribution in [1.29, 1.82) is 0 Å². The number of nitrogens with zero attached hydrogens (tertiary/aromatic N) is 1. The van der Waals surface area contributed by atoms with Crippen molar-refractivity contribution in [3.63, 3.8) is 0 Å². The summed E-state index contributed by atoms with van der Waals surface area (Å²) in [6, 6.07) is 0. The Labute approximate surface area is 82.4 Å². The average Bonchev–Trinajstić information content (AvgIpc) is 2.60. The average molecular weight is 192 g/mol. The first kappa shape index (κ1) is 8.99. The molecule has 0 aromatic rings. The molecule has 74 valence electrons. The third-order valence-electron chi connectivity index (χ3n) is 2.49. The van der Waals surface area contributed by atoms with Gasteiger partial charge >= 0.3 is 0 Å². The van der Waals surface area contributed by atoms with Crippen LogP contribution >= 0.6 is 0 Å². The van der Waals surface area contributed by atoms with Crippen molar-refractivity contribution in [1.82, 2.24) is 5.32 Å². The number of nitrogens with one attached hydrogen (secondary N) is 1. The highest BCUT2D eigenvalue weighted by atomic mass is 16.5. The quantitative estimate of drug-likeness (QED) is 0.697. The van der Waals surface area contributed by atoms with Crippen LogP contribution in [0.5, 0.6) is 0 Å². The van der Waals surface area contributed by atoms with Crippen LogP contribution in [0.3, 0.4) is 0 Å². The van der Waals surface area contributed by atoms with Gasteiger partial charge in [-0.1, -0.05) is 0 Å².